The van der Waals surface area contributed by atoms with Crippen LogP contribution in [-0.2, 0) is 14.2 Å². The van der Waals surface area contributed by atoms with Gasteiger partial charge in [0, 0.05) is 18.4 Å². The summed E-state index contributed by atoms with van der Waals surface area (Å²) in [6.07, 6.45) is -5.15. The number of carbonyl (C=O) groups excluding carboxylic acids is 2. The molecule has 5 rings (SSSR count). The molecule has 0 aliphatic carbocycles. The molecule has 1 amide bonds. The minimum Gasteiger partial charge on any atom is -0.505 e. The van der Waals surface area contributed by atoms with Crippen LogP contribution in [-0.4, -0.2) is 76.6 Å². The number of aliphatic hydroxyl groups is 1. The highest BCUT2D eigenvalue weighted by molar-refractivity contribution is 6.36. The van der Waals surface area contributed by atoms with Crippen LogP contribution in [0.15, 0.2) is 51.7 Å². The summed E-state index contributed by atoms with van der Waals surface area (Å²) in [6.45, 7) is 5.09. The number of hydrogen-bond donors (Lipinski definition) is 5. The van der Waals surface area contributed by atoms with Crippen LogP contribution in [0, 0.1) is 6.92 Å². The second-order valence-corrected chi connectivity index (χ2v) is 11.4. The number of rotatable bonds is 8. The lowest BCUT2D eigenvalue weighted by atomic mass is 9.89. The SMILES string of the molecule is COc1cc(C(=O)Nc2c(O)c3ccc(O[C@@H]4OC(C)(C)[C@@H](OC)[C@@H](OC(=O)c5ccc(C)[nH]5)[C@@H]4O)c(Cl)c3oc2=O)ccc1O. The number of nitrogens with one attached hydrogen (secondary N) is 2. The van der Waals surface area contributed by atoms with E-state index in [1.807, 2.05) is 0 Å². The molecule has 2 aromatic carbocycles. The van der Waals surface area contributed by atoms with Crippen molar-refractivity contribution in [1.29, 1.82) is 0 Å². The summed E-state index contributed by atoms with van der Waals surface area (Å²) in [7, 11) is 2.69. The van der Waals surface area contributed by atoms with Gasteiger partial charge in [-0.25, -0.2) is 9.59 Å². The highest BCUT2D eigenvalue weighted by Gasteiger charge is 2.53. The molecule has 0 bridgehead atoms. The summed E-state index contributed by atoms with van der Waals surface area (Å²) >= 11 is 6.54. The zero-order chi connectivity index (χ0) is 33.5. The Morgan fingerprint density at radius 2 is 1.80 bits per heavy atom. The number of phenolic OH excluding ortho intramolecular Hbond substituents is 1. The Balaban J connectivity index is 1.42. The first-order chi connectivity index (χ1) is 21.7. The molecule has 1 fully saturated rings. The van der Waals surface area contributed by atoms with Gasteiger partial charge in [-0.15, -0.1) is 0 Å². The average molecular weight is 659 g/mol. The van der Waals surface area contributed by atoms with Crippen molar-refractivity contribution >= 4 is 40.1 Å². The fraction of sp³-hybridized carbons (Fsp3) is 0.323. The van der Waals surface area contributed by atoms with Crippen LogP contribution >= 0.6 is 11.6 Å². The number of aliphatic hydroxyl groups excluding tert-OH is 1. The lowest BCUT2D eigenvalue weighted by Crippen LogP contribution is -2.65. The molecular weight excluding hydrogens is 628 g/mol. The number of methoxy groups -OCH3 is 2. The lowest BCUT2D eigenvalue weighted by Gasteiger charge is -2.47. The summed E-state index contributed by atoms with van der Waals surface area (Å²) in [4.78, 5) is 41.4. The number of aryl methyl sites for hydroxylation is 1. The zero-order valence-electron chi connectivity index (χ0n) is 25.2. The molecule has 4 atom stereocenters. The van der Waals surface area contributed by atoms with Crippen molar-refractivity contribution in [2.45, 2.75) is 51.0 Å². The lowest BCUT2D eigenvalue weighted by molar-refractivity contribution is -0.305. The Morgan fingerprint density at radius 3 is 2.46 bits per heavy atom. The highest BCUT2D eigenvalue weighted by atomic mass is 35.5. The van der Waals surface area contributed by atoms with E-state index in [4.69, 9.17) is 39.7 Å². The van der Waals surface area contributed by atoms with Crippen molar-refractivity contribution in [3.05, 3.63) is 74.9 Å². The topological polar surface area (TPSA) is 199 Å². The summed E-state index contributed by atoms with van der Waals surface area (Å²) in [5.74, 6) is -2.45. The van der Waals surface area contributed by atoms with E-state index in [9.17, 15) is 29.7 Å². The fourth-order valence-electron chi connectivity index (χ4n) is 5.15. The van der Waals surface area contributed by atoms with E-state index in [0.29, 0.717) is 0 Å². The van der Waals surface area contributed by atoms with E-state index in [2.05, 4.69) is 10.3 Å². The second kappa shape index (κ2) is 12.6. The van der Waals surface area contributed by atoms with Gasteiger partial charge in [-0.2, -0.15) is 0 Å². The van der Waals surface area contributed by atoms with E-state index in [-0.39, 0.29) is 44.5 Å². The molecule has 244 valence electrons. The summed E-state index contributed by atoms with van der Waals surface area (Å²) in [5, 5.41) is 33.9. The van der Waals surface area contributed by atoms with Gasteiger partial charge >= 0.3 is 11.6 Å². The second-order valence-electron chi connectivity index (χ2n) is 11.0. The molecule has 46 heavy (non-hydrogen) atoms. The molecule has 1 saturated heterocycles. The highest BCUT2D eigenvalue weighted by Crippen LogP contribution is 2.41. The zero-order valence-corrected chi connectivity index (χ0v) is 26.0. The van der Waals surface area contributed by atoms with Crippen LogP contribution < -0.4 is 20.4 Å². The third-order valence-corrected chi connectivity index (χ3v) is 7.80. The quantitative estimate of drug-likeness (QED) is 0.135. The number of benzene rings is 2. The van der Waals surface area contributed by atoms with Crippen molar-refractivity contribution < 1.29 is 53.0 Å². The standard InChI is InChI=1S/C31H31ClN2O12/c1-13-6-9-16(33-13)28(39)45-25-23(37)30(46-31(2,3)26(25)42-5)43-18-11-8-15-22(36)21(29(40)44-24(15)20(18)32)34-27(38)14-7-10-17(35)19(12-14)41-4/h6-12,23,25-26,30,33,35-37H,1-5H3,(H,34,38)/t23-,25-,26-,30+/m0/s1. The average Bonchev–Trinajstić information content (AvgIpc) is 3.45. The predicted octanol–water partition coefficient (Wildman–Crippen LogP) is 3.87. The molecule has 14 nitrogen and oxygen atoms in total. The minimum absolute atomic E-state index is 0.0204. The van der Waals surface area contributed by atoms with Gasteiger partial charge in [-0.3, -0.25) is 4.79 Å². The van der Waals surface area contributed by atoms with E-state index >= 15 is 0 Å². The minimum atomic E-state index is -1.57. The van der Waals surface area contributed by atoms with Crippen molar-refractivity contribution in [2.75, 3.05) is 19.5 Å². The van der Waals surface area contributed by atoms with Crippen LogP contribution in [0.5, 0.6) is 23.0 Å². The van der Waals surface area contributed by atoms with Gasteiger partial charge in [0.25, 0.3) is 5.91 Å². The van der Waals surface area contributed by atoms with Crippen LogP contribution in [0.4, 0.5) is 5.69 Å². The number of aromatic amines is 1. The number of esters is 1. The smallest absolute Gasteiger partial charge is 0.364 e. The van der Waals surface area contributed by atoms with E-state index < -0.39 is 59.1 Å². The van der Waals surface area contributed by atoms with Crippen molar-refractivity contribution in [3.63, 3.8) is 0 Å². The summed E-state index contributed by atoms with van der Waals surface area (Å²) in [5.41, 5.74) is -2.19. The van der Waals surface area contributed by atoms with Crippen LogP contribution in [0.25, 0.3) is 11.0 Å². The van der Waals surface area contributed by atoms with Gasteiger partial charge in [0.05, 0.1) is 18.1 Å². The first-order valence-electron chi connectivity index (χ1n) is 13.8. The van der Waals surface area contributed by atoms with Crippen molar-refractivity contribution in [3.8, 4) is 23.0 Å². The normalized spacial score (nSPS) is 20.7. The van der Waals surface area contributed by atoms with Crippen molar-refractivity contribution in [2.24, 2.45) is 0 Å². The monoisotopic (exact) mass is 658 g/mol. The van der Waals surface area contributed by atoms with Gasteiger partial charge < -0.3 is 53.7 Å². The number of phenols is 1. The third kappa shape index (κ3) is 6.07. The predicted molar refractivity (Wildman–Crippen MR) is 163 cm³/mol. The number of ether oxygens (including phenoxy) is 5. The molecule has 0 saturated carbocycles. The Labute approximate surface area is 266 Å². The molecule has 0 unspecified atom stereocenters. The molecule has 1 aliphatic rings. The number of aromatic hydroxyl groups is 2. The molecular formula is C31H31ClN2O12. The van der Waals surface area contributed by atoms with E-state index in [1.54, 1.807) is 32.9 Å². The number of fused-ring (bicyclic) bond motifs is 1. The number of halogens is 1. The summed E-state index contributed by atoms with van der Waals surface area (Å²) < 4.78 is 33.5. The molecule has 2 aromatic heterocycles. The number of carbonyl (C=O) groups is 2. The maximum atomic E-state index is 12.9. The number of H-pyrrole nitrogens is 1. The maximum Gasteiger partial charge on any atom is 0.364 e. The van der Waals surface area contributed by atoms with E-state index in [1.165, 1.54) is 44.6 Å². The Morgan fingerprint density at radius 1 is 1.07 bits per heavy atom. The third-order valence-electron chi connectivity index (χ3n) is 7.44. The van der Waals surface area contributed by atoms with E-state index in [0.717, 1.165) is 5.69 Å². The number of aromatic nitrogens is 1. The molecule has 15 heteroatoms. The first kappa shape index (κ1) is 32.6. The number of amides is 1. The van der Waals surface area contributed by atoms with Gasteiger partial charge in [0.15, 0.2) is 40.7 Å². The molecule has 0 spiro atoms. The summed E-state index contributed by atoms with van der Waals surface area (Å²) in [6, 6.07) is 9.65. The largest absolute Gasteiger partial charge is 0.505 e. The molecule has 5 N–H and O–H groups in total. The Kier molecular flexibility index (Phi) is 8.91. The molecule has 0 radical (unpaired) electrons. The number of hydrogen-bond acceptors (Lipinski definition) is 12. The van der Waals surface area contributed by atoms with Crippen LogP contribution in [0.1, 0.15) is 40.4 Å². The molecule has 4 aromatic rings. The fourth-order valence-corrected chi connectivity index (χ4v) is 5.40. The van der Waals surface area contributed by atoms with Crippen molar-refractivity contribution in [1.82, 2.24) is 4.98 Å². The van der Waals surface area contributed by atoms with Gasteiger partial charge in [-0.1, -0.05) is 11.6 Å². The van der Waals surface area contributed by atoms with Crippen LogP contribution in [0.3, 0.4) is 0 Å². The van der Waals surface area contributed by atoms with Gasteiger partial charge in [0.2, 0.25) is 6.29 Å². The Hall–Kier alpha value is -4.76. The van der Waals surface area contributed by atoms with Crippen LogP contribution in [0.2, 0.25) is 5.02 Å². The van der Waals surface area contributed by atoms with Gasteiger partial charge in [0.1, 0.15) is 22.6 Å². The Bertz CT molecular complexity index is 1870. The number of anilines is 1. The molecule has 3 heterocycles. The maximum absolute atomic E-state index is 12.9. The van der Waals surface area contributed by atoms with Gasteiger partial charge in [-0.05, 0) is 63.2 Å². The molecule has 1 aliphatic heterocycles. The first-order valence-corrected chi connectivity index (χ1v) is 14.2.